The molecule has 1 N–H and O–H groups in total. The highest BCUT2D eigenvalue weighted by Crippen LogP contribution is 2.28. The lowest BCUT2D eigenvalue weighted by atomic mass is 10.1. The SMILES string of the molecule is C#CCOc1ccc(CCNC(=O)C(CCc2ccc(Cl)cc2)OC)cc1OC. The molecule has 6 heteroatoms. The summed E-state index contributed by atoms with van der Waals surface area (Å²) in [6.45, 7) is 0.674. The Bertz CT molecular complexity index is 830. The molecular weight excluding hydrogens is 390 g/mol. The molecule has 0 saturated heterocycles. The molecule has 0 saturated carbocycles. The molecule has 1 unspecified atom stereocenters. The van der Waals surface area contributed by atoms with Crippen molar-refractivity contribution in [3.05, 3.63) is 58.6 Å². The second-order valence-electron chi connectivity index (χ2n) is 6.41. The summed E-state index contributed by atoms with van der Waals surface area (Å²) in [5.74, 6) is 3.51. The van der Waals surface area contributed by atoms with Crippen molar-refractivity contribution in [3.63, 3.8) is 0 Å². The summed E-state index contributed by atoms with van der Waals surface area (Å²) in [7, 11) is 3.12. The Morgan fingerprint density at radius 1 is 1.10 bits per heavy atom. The van der Waals surface area contributed by atoms with Gasteiger partial charge < -0.3 is 19.5 Å². The number of rotatable bonds is 11. The number of carbonyl (C=O) groups is 1. The van der Waals surface area contributed by atoms with Gasteiger partial charge in [-0.15, -0.1) is 6.42 Å². The number of carbonyl (C=O) groups excluding carboxylic acids is 1. The Labute approximate surface area is 177 Å². The zero-order chi connectivity index (χ0) is 21.1. The van der Waals surface area contributed by atoms with E-state index < -0.39 is 6.10 Å². The molecule has 0 bridgehead atoms. The maximum atomic E-state index is 12.4. The summed E-state index contributed by atoms with van der Waals surface area (Å²) in [5.41, 5.74) is 2.13. The Kier molecular flexibility index (Phi) is 9.36. The molecule has 29 heavy (non-hydrogen) atoms. The first-order valence-electron chi connectivity index (χ1n) is 9.35. The third kappa shape index (κ3) is 7.34. The van der Waals surface area contributed by atoms with Crippen molar-refractivity contribution in [2.45, 2.75) is 25.4 Å². The van der Waals surface area contributed by atoms with Gasteiger partial charge in [0.25, 0.3) is 0 Å². The summed E-state index contributed by atoms with van der Waals surface area (Å²) in [4.78, 5) is 12.4. The number of hydrogen-bond acceptors (Lipinski definition) is 4. The van der Waals surface area contributed by atoms with E-state index in [-0.39, 0.29) is 12.5 Å². The van der Waals surface area contributed by atoms with Gasteiger partial charge in [0.05, 0.1) is 7.11 Å². The second-order valence-corrected chi connectivity index (χ2v) is 6.84. The second kappa shape index (κ2) is 12.0. The van der Waals surface area contributed by atoms with Gasteiger partial charge in [0.1, 0.15) is 12.7 Å². The molecular formula is C23H26ClNO4. The monoisotopic (exact) mass is 415 g/mol. The van der Waals surface area contributed by atoms with Crippen LogP contribution in [0, 0.1) is 12.3 Å². The molecule has 2 aromatic carbocycles. The van der Waals surface area contributed by atoms with Crippen LogP contribution in [0.4, 0.5) is 0 Å². The lowest BCUT2D eigenvalue weighted by Gasteiger charge is -2.16. The molecule has 154 valence electrons. The number of benzene rings is 2. The quantitative estimate of drug-likeness (QED) is 0.569. The Morgan fingerprint density at radius 3 is 2.48 bits per heavy atom. The fraction of sp³-hybridized carbons (Fsp3) is 0.348. The minimum Gasteiger partial charge on any atom is -0.493 e. The van der Waals surface area contributed by atoms with Crippen molar-refractivity contribution in [1.82, 2.24) is 5.32 Å². The van der Waals surface area contributed by atoms with Crippen LogP contribution in [0.25, 0.3) is 0 Å². The van der Waals surface area contributed by atoms with E-state index in [0.29, 0.717) is 35.9 Å². The van der Waals surface area contributed by atoms with Gasteiger partial charge in [0.15, 0.2) is 11.5 Å². The van der Waals surface area contributed by atoms with E-state index in [2.05, 4.69) is 11.2 Å². The van der Waals surface area contributed by atoms with Crippen molar-refractivity contribution in [2.75, 3.05) is 27.4 Å². The predicted octanol–water partition coefficient (Wildman–Crippen LogP) is 3.67. The fourth-order valence-electron chi connectivity index (χ4n) is 2.85. The largest absolute Gasteiger partial charge is 0.493 e. The van der Waals surface area contributed by atoms with E-state index in [0.717, 1.165) is 17.5 Å². The topological polar surface area (TPSA) is 56.8 Å². The molecule has 1 amide bonds. The minimum absolute atomic E-state index is 0.123. The zero-order valence-electron chi connectivity index (χ0n) is 16.7. The maximum absolute atomic E-state index is 12.4. The number of hydrogen-bond donors (Lipinski definition) is 1. The number of methoxy groups -OCH3 is 2. The average Bonchev–Trinajstić information content (AvgIpc) is 2.74. The standard InChI is InChI=1S/C23H26ClNO4/c1-4-15-29-20-11-8-18(16-22(20)28-3)13-14-25-23(26)21(27-2)12-7-17-5-9-19(24)10-6-17/h1,5-6,8-11,16,21H,7,12-15H2,2-3H3,(H,25,26). The predicted molar refractivity (Wildman–Crippen MR) is 115 cm³/mol. The van der Waals surface area contributed by atoms with E-state index in [4.69, 9.17) is 32.2 Å². The lowest BCUT2D eigenvalue weighted by Crippen LogP contribution is -2.37. The van der Waals surface area contributed by atoms with Crippen LogP contribution in [0.2, 0.25) is 5.02 Å². The molecule has 2 aromatic rings. The van der Waals surface area contributed by atoms with Gasteiger partial charge in [-0.3, -0.25) is 4.79 Å². The van der Waals surface area contributed by atoms with Crippen LogP contribution < -0.4 is 14.8 Å². The summed E-state index contributed by atoms with van der Waals surface area (Å²) in [6.07, 6.45) is 6.71. The minimum atomic E-state index is -0.500. The number of terminal acetylenes is 1. The van der Waals surface area contributed by atoms with Crippen molar-refractivity contribution in [2.24, 2.45) is 0 Å². The van der Waals surface area contributed by atoms with E-state index in [1.807, 2.05) is 42.5 Å². The Morgan fingerprint density at radius 2 is 1.83 bits per heavy atom. The fourth-order valence-corrected chi connectivity index (χ4v) is 2.98. The van der Waals surface area contributed by atoms with Crippen LogP contribution in [-0.2, 0) is 22.4 Å². The molecule has 0 aliphatic carbocycles. The van der Waals surface area contributed by atoms with Gasteiger partial charge in [-0.05, 0) is 54.7 Å². The van der Waals surface area contributed by atoms with E-state index >= 15 is 0 Å². The van der Waals surface area contributed by atoms with Crippen molar-refractivity contribution >= 4 is 17.5 Å². The highest BCUT2D eigenvalue weighted by molar-refractivity contribution is 6.30. The summed E-state index contributed by atoms with van der Waals surface area (Å²) >= 11 is 5.90. The van der Waals surface area contributed by atoms with Crippen LogP contribution in [0.5, 0.6) is 11.5 Å². The van der Waals surface area contributed by atoms with Gasteiger partial charge in [0.2, 0.25) is 5.91 Å². The molecule has 0 spiro atoms. The Balaban J connectivity index is 1.82. The number of ether oxygens (including phenoxy) is 3. The average molecular weight is 416 g/mol. The van der Waals surface area contributed by atoms with Crippen LogP contribution in [0.15, 0.2) is 42.5 Å². The number of halogens is 1. The number of aryl methyl sites for hydroxylation is 1. The first-order valence-corrected chi connectivity index (χ1v) is 9.73. The highest BCUT2D eigenvalue weighted by atomic mass is 35.5. The van der Waals surface area contributed by atoms with Gasteiger partial charge in [-0.2, -0.15) is 0 Å². The third-order valence-corrected chi connectivity index (χ3v) is 4.69. The Hall–Kier alpha value is -2.68. The van der Waals surface area contributed by atoms with Crippen LogP contribution >= 0.6 is 11.6 Å². The van der Waals surface area contributed by atoms with Crippen LogP contribution in [0.3, 0.4) is 0 Å². The van der Waals surface area contributed by atoms with Gasteiger partial charge in [0, 0.05) is 18.7 Å². The molecule has 0 aromatic heterocycles. The molecule has 0 heterocycles. The van der Waals surface area contributed by atoms with Gasteiger partial charge in [-0.1, -0.05) is 35.7 Å². The first-order chi connectivity index (χ1) is 14.1. The summed E-state index contributed by atoms with van der Waals surface area (Å²) in [5, 5.41) is 3.63. The molecule has 0 aliphatic rings. The van der Waals surface area contributed by atoms with E-state index in [1.165, 1.54) is 0 Å². The van der Waals surface area contributed by atoms with Crippen molar-refractivity contribution < 1.29 is 19.0 Å². The zero-order valence-corrected chi connectivity index (χ0v) is 17.5. The number of amides is 1. The molecule has 0 aliphatic heterocycles. The van der Waals surface area contributed by atoms with E-state index in [1.54, 1.807) is 14.2 Å². The molecule has 0 fully saturated rings. The summed E-state index contributed by atoms with van der Waals surface area (Å²) < 4.78 is 16.1. The van der Waals surface area contributed by atoms with E-state index in [9.17, 15) is 4.79 Å². The first kappa shape index (κ1) is 22.6. The van der Waals surface area contributed by atoms with Gasteiger partial charge >= 0.3 is 0 Å². The third-order valence-electron chi connectivity index (χ3n) is 4.44. The normalized spacial score (nSPS) is 11.4. The number of nitrogens with one attached hydrogen (secondary N) is 1. The smallest absolute Gasteiger partial charge is 0.249 e. The van der Waals surface area contributed by atoms with Crippen LogP contribution in [0.1, 0.15) is 17.5 Å². The lowest BCUT2D eigenvalue weighted by molar-refractivity contribution is -0.131. The molecule has 0 radical (unpaired) electrons. The highest BCUT2D eigenvalue weighted by Gasteiger charge is 2.17. The van der Waals surface area contributed by atoms with Crippen molar-refractivity contribution in [3.8, 4) is 23.8 Å². The maximum Gasteiger partial charge on any atom is 0.249 e. The van der Waals surface area contributed by atoms with Gasteiger partial charge in [-0.25, -0.2) is 0 Å². The summed E-state index contributed by atoms with van der Waals surface area (Å²) in [6, 6.07) is 13.2. The van der Waals surface area contributed by atoms with Crippen LogP contribution in [-0.4, -0.2) is 39.4 Å². The van der Waals surface area contributed by atoms with Crippen molar-refractivity contribution in [1.29, 1.82) is 0 Å². The molecule has 1 atom stereocenters. The molecule has 2 rings (SSSR count). The molecule has 5 nitrogen and oxygen atoms in total.